The molecular weight excluding hydrogens is 595 g/mol. The van der Waals surface area contributed by atoms with Crippen molar-refractivity contribution in [2.75, 3.05) is 0 Å². The van der Waals surface area contributed by atoms with Gasteiger partial charge in [-0.2, -0.15) is 0 Å². The van der Waals surface area contributed by atoms with E-state index in [1.165, 1.54) is 18.3 Å². The lowest BCUT2D eigenvalue weighted by molar-refractivity contribution is -0.138. The van der Waals surface area contributed by atoms with Gasteiger partial charge >= 0.3 is 5.97 Å². The van der Waals surface area contributed by atoms with E-state index in [1.54, 1.807) is 24.3 Å². The van der Waals surface area contributed by atoms with E-state index in [1.807, 2.05) is 0 Å². The fraction of sp³-hybridized carbons (Fsp3) is 0.0870. The van der Waals surface area contributed by atoms with Crippen molar-refractivity contribution in [3.8, 4) is 16.9 Å². The maximum Gasteiger partial charge on any atom is 0.320 e. The Morgan fingerprint density at radius 2 is 1.79 bits per heavy atom. The molecule has 0 fully saturated rings. The van der Waals surface area contributed by atoms with Crippen LogP contribution in [0.15, 0.2) is 73.5 Å². The molecule has 34 heavy (non-hydrogen) atoms. The molecule has 0 aliphatic rings. The summed E-state index contributed by atoms with van der Waals surface area (Å²) in [6, 6.07) is 9.97. The summed E-state index contributed by atoms with van der Waals surface area (Å²) in [5.74, 6) is -1.83. The highest BCUT2D eigenvalue weighted by atomic mass is 79.9. The Labute approximate surface area is 210 Å². The topological polar surface area (TPSA) is 133 Å². The normalized spacial score (nSPS) is 12.7. The Bertz CT molecular complexity index is 1540. The molecule has 7 nitrogen and oxygen atoms in total. The molecule has 1 atom stereocenters. The highest BCUT2D eigenvalue weighted by Gasteiger charge is 2.24. The lowest BCUT2D eigenvalue weighted by atomic mass is 9.94. The minimum absolute atomic E-state index is 0.00259. The standard InChI is InChI=1S/C23H17Br2FN2O5S/c24-16-8-12(9-17(27)23(30)31)20(21(25)22(16)29)11-1-6-18-15(7-11)19(10-28-18)34(32,33)14-4-2-13(26)3-5-14/h1-8,10,17,28-29H,9,27H2,(H,30,31)/t17-/m0/s1. The Balaban J connectivity index is 1.91. The molecule has 176 valence electrons. The molecule has 11 heteroatoms. The number of hydrogen-bond acceptors (Lipinski definition) is 5. The molecule has 0 saturated heterocycles. The third kappa shape index (κ3) is 4.36. The molecule has 0 aliphatic heterocycles. The van der Waals surface area contributed by atoms with Gasteiger partial charge in [-0.3, -0.25) is 4.79 Å². The molecule has 4 rings (SSSR count). The predicted molar refractivity (Wildman–Crippen MR) is 132 cm³/mol. The van der Waals surface area contributed by atoms with Crippen LogP contribution in [0.4, 0.5) is 4.39 Å². The van der Waals surface area contributed by atoms with E-state index in [-0.39, 0.29) is 22.0 Å². The number of nitrogens with two attached hydrogens (primary N) is 1. The SMILES string of the molecule is N[C@@H](Cc1cc(Br)c(O)c(Br)c1-c1ccc2[nH]cc(S(=O)(=O)c3ccc(F)cc3)c2c1)C(=O)O. The molecule has 4 aromatic rings. The summed E-state index contributed by atoms with van der Waals surface area (Å²) in [7, 11) is -3.97. The number of hydrogen-bond donors (Lipinski definition) is 4. The van der Waals surface area contributed by atoms with E-state index in [2.05, 4.69) is 36.8 Å². The third-order valence-electron chi connectivity index (χ3n) is 5.38. The van der Waals surface area contributed by atoms with Crippen molar-refractivity contribution >= 4 is 58.6 Å². The number of carbonyl (C=O) groups is 1. The van der Waals surface area contributed by atoms with Gasteiger partial charge in [0.25, 0.3) is 0 Å². The Morgan fingerprint density at radius 1 is 1.12 bits per heavy atom. The number of phenols is 1. The van der Waals surface area contributed by atoms with Gasteiger partial charge in [-0.05, 0) is 91.9 Å². The van der Waals surface area contributed by atoms with Gasteiger partial charge in [-0.1, -0.05) is 6.07 Å². The number of nitrogens with one attached hydrogen (secondary N) is 1. The van der Waals surface area contributed by atoms with Crippen molar-refractivity contribution < 1.29 is 27.8 Å². The van der Waals surface area contributed by atoms with Gasteiger partial charge < -0.3 is 20.9 Å². The van der Waals surface area contributed by atoms with Gasteiger partial charge in [-0.15, -0.1) is 0 Å². The number of benzene rings is 3. The maximum atomic E-state index is 13.3. The van der Waals surface area contributed by atoms with Crippen molar-refractivity contribution in [3.63, 3.8) is 0 Å². The molecule has 0 spiro atoms. The number of aromatic amines is 1. The van der Waals surface area contributed by atoms with E-state index in [4.69, 9.17) is 5.73 Å². The summed E-state index contributed by atoms with van der Waals surface area (Å²) in [4.78, 5) is 14.2. The summed E-state index contributed by atoms with van der Waals surface area (Å²) < 4.78 is 40.4. The number of phenolic OH excluding ortho intramolecular Hbond substituents is 1. The zero-order valence-electron chi connectivity index (χ0n) is 17.2. The van der Waals surface area contributed by atoms with E-state index in [0.29, 0.717) is 36.5 Å². The fourth-order valence-corrected chi connectivity index (χ4v) is 6.53. The number of rotatable bonds is 6. The van der Waals surface area contributed by atoms with Crippen molar-refractivity contribution in [1.82, 2.24) is 4.98 Å². The first-order valence-corrected chi connectivity index (χ1v) is 12.9. The minimum Gasteiger partial charge on any atom is -0.506 e. The number of fused-ring (bicyclic) bond motifs is 1. The van der Waals surface area contributed by atoms with Crippen LogP contribution in [-0.4, -0.2) is 35.6 Å². The number of aromatic nitrogens is 1. The van der Waals surface area contributed by atoms with Crippen LogP contribution < -0.4 is 5.73 Å². The van der Waals surface area contributed by atoms with Crippen LogP contribution in [0.3, 0.4) is 0 Å². The number of halogens is 3. The number of carboxylic acids is 1. The van der Waals surface area contributed by atoms with Crippen LogP contribution in [0.1, 0.15) is 5.56 Å². The van der Waals surface area contributed by atoms with Crippen LogP contribution in [0.25, 0.3) is 22.0 Å². The van der Waals surface area contributed by atoms with Crippen LogP contribution in [0.5, 0.6) is 5.75 Å². The van der Waals surface area contributed by atoms with E-state index in [9.17, 15) is 27.8 Å². The van der Waals surface area contributed by atoms with Crippen LogP contribution in [-0.2, 0) is 21.1 Å². The number of carboxylic acid groups (broad SMARTS) is 1. The average molecular weight is 612 g/mol. The molecule has 1 aromatic heterocycles. The molecule has 0 aliphatic carbocycles. The van der Waals surface area contributed by atoms with Gasteiger partial charge in [0.15, 0.2) is 0 Å². The van der Waals surface area contributed by atoms with Crippen molar-refractivity contribution in [2.24, 2.45) is 5.73 Å². The zero-order valence-corrected chi connectivity index (χ0v) is 21.2. The number of sulfone groups is 1. The maximum absolute atomic E-state index is 13.3. The summed E-state index contributed by atoms with van der Waals surface area (Å²) in [6.07, 6.45) is 1.33. The molecule has 0 saturated carbocycles. The van der Waals surface area contributed by atoms with Gasteiger partial charge in [0, 0.05) is 22.7 Å². The molecule has 1 heterocycles. The summed E-state index contributed by atoms with van der Waals surface area (Å²) in [5.41, 5.74) is 7.85. The van der Waals surface area contributed by atoms with Gasteiger partial charge in [0.1, 0.15) is 17.6 Å². The van der Waals surface area contributed by atoms with Crippen LogP contribution in [0.2, 0.25) is 0 Å². The first kappa shape index (κ1) is 24.4. The van der Waals surface area contributed by atoms with E-state index >= 15 is 0 Å². The first-order valence-electron chi connectivity index (χ1n) is 9.81. The Hall–Kier alpha value is -2.73. The zero-order chi connectivity index (χ0) is 24.8. The predicted octanol–water partition coefficient (Wildman–Crippen LogP) is 4.99. The summed E-state index contributed by atoms with van der Waals surface area (Å²) in [6.45, 7) is 0. The fourth-order valence-electron chi connectivity index (χ4n) is 3.67. The number of aromatic hydroxyl groups is 1. The Morgan fingerprint density at radius 3 is 2.44 bits per heavy atom. The molecule has 0 radical (unpaired) electrons. The summed E-state index contributed by atoms with van der Waals surface area (Å²) >= 11 is 6.63. The Kier molecular flexibility index (Phi) is 6.56. The van der Waals surface area contributed by atoms with E-state index in [0.717, 1.165) is 12.1 Å². The smallest absolute Gasteiger partial charge is 0.320 e. The highest BCUT2D eigenvalue weighted by molar-refractivity contribution is 9.11. The van der Waals surface area contributed by atoms with Gasteiger partial charge in [-0.25, -0.2) is 12.8 Å². The number of aliphatic carboxylic acids is 1. The second kappa shape index (κ2) is 9.14. The average Bonchev–Trinajstić information content (AvgIpc) is 3.22. The molecule has 0 unspecified atom stereocenters. The summed E-state index contributed by atoms with van der Waals surface area (Å²) in [5, 5.41) is 20.1. The molecule has 3 aromatic carbocycles. The second-order valence-electron chi connectivity index (χ2n) is 7.57. The molecule has 5 N–H and O–H groups in total. The largest absolute Gasteiger partial charge is 0.506 e. The molecular formula is C23H17Br2FN2O5S. The van der Waals surface area contributed by atoms with Crippen LogP contribution in [0, 0.1) is 5.82 Å². The molecule has 0 amide bonds. The quantitative estimate of drug-likeness (QED) is 0.227. The van der Waals surface area contributed by atoms with Crippen molar-refractivity contribution in [2.45, 2.75) is 22.3 Å². The third-order valence-corrected chi connectivity index (χ3v) is 8.56. The number of H-pyrrole nitrogens is 1. The van der Waals surface area contributed by atoms with Gasteiger partial charge in [0.05, 0.1) is 18.7 Å². The highest BCUT2D eigenvalue weighted by Crippen LogP contribution is 2.44. The second-order valence-corrected chi connectivity index (χ2v) is 11.1. The van der Waals surface area contributed by atoms with Crippen LogP contribution >= 0.6 is 31.9 Å². The lowest BCUT2D eigenvalue weighted by Gasteiger charge is -2.17. The van der Waals surface area contributed by atoms with Gasteiger partial charge in [0.2, 0.25) is 9.84 Å². The van der Waals surface area contributed by atoms with Crippen molar-refractivity contribution in [1.29, 1.82) is 0 Å². The van der Waals surface area contributed by atoms with E-state index < -0.39 is 27.7 Å². The lowest BCUT2D eigenvalue weighted by Crippen LogP contribution is -2.32. The van der Waals surface area contributed by atoms with Crippen molar-refractivity contribution in [3.05, 3.63) is 75.1 Å². The monoisotopic (exact) mass is 610 g/mol. The first-order chi connectivity index (χ1) is 16.0. The molecule has 0 bridgehead atoms. The minimum atomic E-state index is -3.97.